The summed E-state index contributed by atoms with van der Waals surface area (Å²) in [6, 6.07) is 7.52. The van der Waals surface area contributed by atoms with Gasteiger partial charge in [-0.2, -0.15) is 0 Å². The Bertz CT molecular complexity index is 515. The first-order valence-electron chi connectivity index (χ1n) is 7.24. The molecule has 2 atom stereocenters. The van der Waals surface area contributed by atoms with E-state index >= 15 is 0 Å². The van der Waals surface area contributed by atoms with Gasteiger partial charge in [0.2, 0.25) is 5.91 Å². The predicted molar refractivity (Wildman–Crippen MR) is 77.9 cm³/mol. The fourth-order valence-electron chi connectivity index (χ4n) is 2.83. The highest BCUT2D eigenvalue weighted by molar-refractivity contribution is 5.80. The maximum atomic E-state index is 12.2. The molecule has 0 aliphatic heterocycles. The molecular weight excluding hydrogens is 270 g/mol. The maximum Gasteiger partial charge on any atom is 0.306 e. The third kappa shape index (κ3) is 3.97. The Hall–Kier alpha value is -2.04. The number of methoxy groups -OCH3 is 1. The summed E-state index contributed by atoms with van der Waals surface area (Å²) < 4.78 is 5.24. The minimum atomic E-state index is -0.794. The number of para-hydroxylation sites is 1. The van der Waals surface area contributed by atoms with E-state index in [1.165, 1.54) is 0 Å². The second-order valence-electron chi connectivity index (χ2n) is 5.43. The molecule has 0 saturated heterocycles. The largest absolute Gasteiger partial charge is 0.496 e. The smallest absolute Gasteiger partial charge is 0.306 e. The number of aliphatic carboxylic acids is 1. The molecule has 0 unspecified atom stereocenters. The van der Waals surface area contributed by atoms with Crippen molar-refractivity contribution in [2.45, 2.75) is 32.2 Å². The molecule has 0 bridgehead atoms. The summed E-state index contributed by atoms with van der Waals surface area (Å²) in [6.07, 6.45) is 2.67. The average molecular weight is 291 g/mol. The topological polar surface area (TPSA) is 75.6 Å². The molecule has 5 heteroatoms. The van der Waals surface area contributed by atoms with Gasteiger partial charge in [-0.3, -0.25) is 9.59 Å². The molecule has 2 N–H and O–H groups in total. The van der Waals surface area contributed by atoms with Crippen LogP contribution in [0.3, 0.4) is 0 Å². The summed E-state index contributed by atoms with van der Waals surface area (Å²) in [4.78, 5) is 23.2. The fourth-order valence-corrected chi connectivity index (χ4v) is 2.83. The molecule has 5 nitrogen and oxygen atoms in total. The monoisotopic (exact) mass is 291 g/mol. The second kappa shape index (κ2) is 7.11. The Labute approximate surface area is 124 Å². The Balaban J connectivity index is 1.91. The van der Waals surface area contributed by atoms with Crippen molar-refractivity contribution in [1.82, 2.24) is 5.32 Å². The number of carbonyl (C=O) groups excluding carboxylic acids is 1. The normalized spacial score (nSPS) is 21.6. The third-order valence-corrected chi connectivity index (χ3v) is 4.04. The Morgan fingerprint density at radius 3 is 2.71 bits per heavy atom. The number of carbonyl (C=O) groups is 2. The number of amides is 1. The molecule has 1 saturated carbocycles. The molecule has 0 heterocycles. The molecular formula is C16H21NO4. The van der Waals surface area contributed by atoms with E-state index in [0.29, 0.717) is 19.4 Å². The summed E-state index contributed by atoms with van der Waals surface area (Å²) in [5, 5.41) is 12.0. The second-order valence-corrected chi connectivity index (χ2v) is 5.43. The van der Waals surface area contributed by atoms with Crippen molar-refractivity contribution < 1.29 is 19.4 Å². The van der Waals surface area contributed by atoms with E-state index in [1.54, 1.807) is 7.11 Å². The summed E-state index contributed by atoms with van der Waals surface area (Å²) in [5.74, 6) is -0.704. The van der Waals surface area contributed by atoms with Gasteiger partial charge in [0.05, 0.1) is 13.0 Å². The van der Waals surface area contributed by atoms with Gasteiger partial charge >= 0.3 is 5.97 Å². The van der Waals surface area contributed by atoms with Crippen molar-refractivity contribution in [3.8, 4) is 5.75 Å². The summed E-state index contributed by atoms with van der Waals surface area (Å²) in [7, 11) is 1.60. The average Bonchev–Trinajstić information content (AvgIpc) is 2.52. The van der Waals surface area contributed by atoms with Crippen LogP contribution >= 0.6 is 0 Å². The van der Waals surface area contributed by atoms with Gasteiger partial charge in [-0.05, 0) is 25.3 Å². The van der Waals surface area contributed by atoms with Crippen LogP contribution in [0.5, 0.6) is 5.75 Å². The van der Waals surface area contributed by atoms with E-state index in [1.807, 2.05) is 24.3 Å². The van der Waals surface area contributed by atoms with Crippen molar-refractivity contribution in [3.63, 3.8) is 0 Å². The summed E-state index contributed by atoms with van der Waals surface area (Å²) >= 11 is 0. The van der Waals surface area contributed by atoms with Gasteiger partial charge in [-0.15, -0.1) is 0 Å². The van der Waals surface area contributed by atoms with Crippen LogP contribution in [-0.2, 0) is 16.1 Å². The SMILES string of the molecule is COc1ccccc1CNC(=O)[C@H]1CCC[C@@H](C(=O)O)C1. The number of carboxylic acids is 1. The Kier molecular flexibility index (Phi) is 5.20. The van der Waals surface area contributed by atoms with E-state index < -0.39 is 5.97 Å². The van der Waals surface area contributed by atoms with Gasteiger partial charge in [0.15, 0.2) is 0 Å². The zero-order valence-electron chi connectivity index (χ0n) is 12.2. The molecule has 1 aromatic carbocycles. The van der Waals surface area contributed by atoms with Crippen LogP contribution in [0.15, 0.2) is 24.3 Å². The van der Waals surface area contributed by atoms with Gasteiger partial charge in [-0.25, -0.2) is 0 Å². The first-order valence-corrected chi connectivity index (χ1v) is 7.24. The predicted octanol–water partition coefficient (Wildman–Crippen LogP) is 2.20. The molecule has 114 valence electrons. The maximum absolute atomic E-state index is 12.2. The number of hydrogen-bond donors (Lipinski definition) is 2. The number of hydrogen-bond acceptors (Lipinski definition) is 3. The fraction of sp³-hybridized carbons (Fsp3) is 0.500. The number of ether oxygens (including phenoxy) is 1. The first-order chi connectivity index (χ1) is 10.1. The van der Waals surface area contributed by atoms with Crippen molar-refractivity contribution in [2.24, 2.45) is 11.8 Å². The number of rotatable bonds is 5. The van der Waals surface area contributed by atoms with Crippen molar-refractivity contribution >= 4 is 11.9 Å². The van der Waals surface area contributed by atoms with Gasteiger partial charge in [-0.1, -0.05) is 24.6 Å². The highest BCUT2D eigenvalue weighted by Gasteiger charge is 2.30. The van der Waals surface area contributed by atoms with Crippen molar-refractivity contribution in [2.75, 3.05) is 7.11 Å². The van der Waals surface area contributed by atoms with E-state index in [9.17, 15) is 9.59 Å². The van der Waals surface area contributed by atoms with Gasteiger partial charge in [0.25, 0.3) is 0 Å². The molecule has 1 fully saturated rings. The van der Waals surface area contributed by atoms with Crippen molar-refractivity contribution in [3.05, 3.63) is 29.8 Å². The highest BCUT2D eigenvalue weighted by Crippen LogP contribution is 2.29. The molecule has 2 rings (SSSR count). The van der Waals surface area contributed by atoms with E-state index in [2.05, 4.69) is 5.32 Å². The number of nitrogens with one attached hydrogen (secondary N) is 1. The lowest BCUT2D eigenvalue weighted by Gasteiger charge is -2.25. The van der Waals surface area contributed by atoms with Crippen molar-refractivity contribution in [1.29, 1.82) is 0 Å². The minimum Gasteiger partial charge on any atom is -0.496 e. The molecule has 1 aliphatic carbocycles. The van der Waals surface area contributed by atoms with E-state index in [0.717, 1.165) is 24.2 Å². The van der Waals surface area contributed by atoms with Gasteiger partial charge in [0.1, 0.15) is 5.75 Å². The number of carboxylic acid groups (broad SMARTS) is 1. The van der Waals surface area contributed by atoms with Crippen LogP contribution in [0.4, 0.5) is 0 Å². The lowest BCUT2D eigenvalue weighted by Crippen LogP contribution is -2.35. The number of benzene rings is 1. The van der Waals surface area contributed by atoms with Crippen LogP contribution in [0, 0.1) is 11.8 Å². The van der Waals surface area contributed by atoms with Crippen LogP contribution in [-0.4, -0.2) is 24.1 Å². The van der Waals surface area contributed by atoms with E-state index in [4.69, 9.17) is 9.84 Å². The lowest BCUT2D eigenvalue weighted by molar-refractivity contribution is -0.144. The molecule has 1 aliphatic rings. The van der Waals surface area contributed by atoms with Crippen LogP contribution in [0.1, 0.15) is 31.2 Å². The molecule has 0 spiro atoms. The van der Waals surface area contributed by atoms with Crippen LogP contribution in [0.2, 0.25) is 0 Å². The van der Waals surface area contributed by atoms with Crippen LogP contribution < -0.4 is 10.1 Å². The molecule has 1 amide bonds. The lowest BCUT2D eigenvalue weighted by atomic mass is 9.81. The summed E-state index contributed by atoms with van der Waals surface area (Å²) in [5.41, 5.74) is 0.916. The molecule has 0 aromatic heterocycles. The van der Waals surface area contributed by atoms with E-state index in [-0.39, 0.29) is 17.7 Å². The van der Waals surface area contributed by atoms with Gasteiger partial charge in [0, 0.05) is 18.0 Å². The zero-order valence-corrected chi connectivity index (χ0v) is 12.2. The quantitative estimate of drug-likeness (QED) is 0.872. The molecule has 1 aromatic rings. The highest BCUT2D eigenvalue weighted by atomic mass is 16.5. The molecule has 21 heavy (non-hydrogen) atoms. The molecule has 0 radical (unpaired) electrons. The summed E-state index contributed by atoms with van der Waals surface area (Å²) in [6.45, 7) is 0.400. The standard InChI is InChI=1S/C16H21NO4/c1-21-14-8-3-2-5-13(14)10-17-15(18)11-6-4-7-12(9-11)16(19)20/h2-3,5,8,11-12H,4,6-7,9-10H2,1H3,(H,17,18)(H,19,20)/t11-,12+/m0/s1. The van der Waals surface area contributed by atoms with Crippen LogP contribution in [0.25, 0.3) is 0 Å². The first kappa shape index (κ1) is 15.4. The Morgan fingerprint density at radius 2 is 2.00 bits per heavy atom. The minimum absolute atomic E-state index is 0.0631. The zero-order chi connectivity index (χ0) is 15.2. The Morgan fingerprint density at radius 1 is 1.29 bits per heavy atom. The van der Waals surface area contributed by atoms with Gasteiger partial charge < -0.3 is 15.2 Å². The third-order valence-electron chi connectivity index (χ3n) is 4.04.